The zero-order valence-corrected chi connectivity index (χ0v) is 13.5. The number of unbranched alkanes of at least 4 members (excludes halogenated alkanes) is 1. The first-order valence-corrected chi connectivity index (χ1v) is 7.78. The molecular weight excluding hydrogens is 330 g/mol. The lowest BCUT2D eigenvalue weighted by atomic mass is 10.2. The Kier molecular flexibility index (Phi) is 5.81. The van der Waals surface area contributed by atoms with Crippen molar-refractivity contribution in [3.8, 4) is 5.75 Å². The van der Waals surface area contributed by atoms with Crippen LogP contribution in [0, 0.1) is 0 Å². The van der Waals surface area contributed by atoms with Crippen molar-refractivity contribution in [3.05, 3.63) is 58.6 Å². The molecule has 1 N–H and O–H groups in total. The molecule has 0 radical (unpaired) electrons. The number of amides is 1. The minimum atomic E-state index is -0.150. The van der Waals surface area contributed by atoms with Crippen LogP contribution in [0.25, 0.3) is 0 Å². The van der Waals surface area contributed by atoms with E-state index >= 15 is 0 Å². The molecule has 0 unspecified atom stereocenters. The highest BCUT2D eigenvalue weighted by Crippen LogP contribution is 2.25. The first kappa shape index (κ1) is 15.6. The van der Waals surface area contributed by atoms with Gasteiger partial charge in [-0.25, -0.2) is 0 Å². The maximum Gasteiger partial charge on any atom is 0.255 e. The molecule has 0 heterocycles. The number of hydrogen-bond acceptors (Lipinski definition) is 2. The van der Waals surface area contributed by atoms with Gasteiger partial charge < -0.3 is 10.1 Å². The summed E-state index contributed by atoms with van der Waals surface area (Å²) in [6.45, 7) is 2.77. The van der Waals surface area contributed by atoms with Crippen LogP contribution in [0.15, 0.2) is 53.0 Å². The summed E-state index contributed by atoms with van der Waals surface area (Å²) >= 11 is 3.37. The Bertz CT molecular complexity index is 613. The van der Waals surface area contributed by atoms with Crippen LogP contribution in [0.4, 0.5) is 5.69 Å². The Morgan fingerprint density at radius 3 is 2.76 bits per heavy atom. The molecular formula is C17H18BrNO2. The van der Waals surface area contributed by atoms with Crippen molar-refractivity contribution in [2.75, 3.05) is 11.9 Å². The molecule has 21 heavy (non-hydrogen) atoms. The van der Waals surface area contributed by atoms with Crippen molar-refractivity contribution < 1.29 is 9.53 Å². The highest BCUT2D eigenvalue weighted by atomic mass is 79.9. The van der Waals surface area contributed by atoms with E-state index in [9.17, 15) is 4.79 Å². The normalized spacial score (nSPS) is 10.2. The maximum atomic E-state index is 12.3. The van der Waals surface area contributed by atoms with Crippen molar-refractivity contribution in [1.29, 1.82) is 0 Å². The van der Waals surface area contributed by atoms with Crippen LogP contribution in [0.3, 0.4) is 0 Å². The number of carbonyl (C=O) groups excluding carboxylic acids is 1. The number of nitrogens with one attached hydrogen (secondary N) is 1. The van der Waals surface area contributed by atoms with E-state index in [4.69, 9.17) is 4.74 Å². The molecule has 0 aliphatic heterocycles. The molecule has 0 aliphatic carbocycles. The van der Waals surface area contributed by atoms with Gasteiger partial charge in [0.1, 0.15) is 5.75 Å². The summed E-state index contributed by atoms with van der Waals surface area (Å²) in [5.74, 6) is 0.553. The average Bonchev–Trinajstić information content (AvgIpc) is 2.49. The van der Waals surface area contributed by atoms with E-state index in [1.54, 1.807) is 12.1 Å². The minimum absolute atomic E-state index is 0.150. The van der Waals surface area contributed by atoms with Crippen molar-refractivity contribution in [2.45, 2.75) is 19.8 Å². The Hall–Kier alpha value is -1.81. The van der Waals surface area contributed by atoms with Crippen LogP contribution >= 0.6 is 15.9 Å². The molecule has 0 saturated heterocycles. The van der Waals surface area contributed by atoms with Gasteiger partial charge in [-0.1, -0.05) is 47.5 Å². The lowest BCUT2D eigenvalue weighted by Crippen LogP contribution is -2.13. The van der Waals surface area contributed by atoms with Gasteiger partial charge in [0, 0.05) is 10.0 Å². The summed E-state index contributed by atoms with van der Waals surface area (Å²) in [5, 5.41) is 2.90. The average molecular weight is 348 g/mol. The summed E-state index contributed by atoms with van der Waals surface area (Å²) in [4.78, 5) is 12.3. The minimum Gasteiger partial charge on any atom is -0.491 e. The van der Waals surface area contributed by atoms with Gasteiger partial charge in [-0.05, 0) is 36.8 Å². The van der Waals surface area contributed by atoms with Gasteiger partial charge in [-0.2, -0.15) is 0 Å². The Labute approximate surface area is 133 Å². The van der Waals surface area contributed by atoms with E-state index in [2.05, 4.69) is 28.2 Å². The molecule has 0 aromatic heterocycles. The molecule has 4 heteroatoms. The van der Waals surface area contributed by atoms with E-state index < -0.39 is 0 Å². The number of rotatable bonds is 6. The van der Waals surface area contributed by atoms with E-state index in [1.807, 2.05) is 36.4 Å². The number of para-hydroxylation sites is 2. The topological polar surface area (TPSA) is 38.3 Å². The maximum absolute atomic E-state index is 12.3. The summed E-state index contributed by atoms with van der Waals surface area (Å²) in [7, 11) is 0. The van der Waals surface area contributed by atoms with Crippen LogP contribution < -0.4 is 10.1 Å². The number of halogens is 1. The van der Waals surface area contributed by atoms with E-state index in [0.717, 1.165) is 17.3 Å². The molecule has 2 aromatic rings. The first-order valence-electron chi connectivity index (χ1n) is 6.99. The molecule has 0 fully saturated rings. The number of benzene rings is 2. The first-order chi connectivity index (χ1) is 10.2. The van der Waals surface area contributed by atoms with Gasteiger partial charge in [-0.15, -0.1) is 0 Å². The standard InChI is InChI=1S/C17H18BrNO2/c1-2-3-11-21-16-10-5-4-9-15(16)19-17(20)13-7-6-8-14(18)12-13/h4-10,12H,2-3,11H2,1H3,(H,19,20). The highest BCUT2D eigenvalue weighted by Gasteiger charge is 2.09. The third kappa shape index (κ3) is 4.60. The summed E-state index contributed by atoms with van der Waals surface area (Å²) < 4.78 is 6.59. The third-order valence-corrected chi connectivity index (χ3v) is 3.47. The summed E-state index contributed by atoms with van der Waals surface area (Å²) in [5.41, 5.74) is 1.30. The number of anilines is 1. The Morgan fingerprint density at radius 1 is 1.19 bits per heavy atom. The smallest absolute Gasteiger partial charge is 0.255 e. The van der Waals surface area contributed by atoms with Gasteiger partial charge in [0.2, 0.25) is 0 Å². The summed E-state index contributed by atoms with van der Waals surface area (Å²) in [6, 6.07) is 14.8. The molecule has 0 spiro atoms. The van der Waals surface area contributed by atoms with Gasteiger partial charge in [0.15, 0.2) is 0 Å². The molecule has 3 nitrogen and oxygen atoms in total. The van der Waals surface area contributed by atoms with Gasteiger partial charge in [0.25, 0.3) is 5.91 Å². The third-order valence-electron chi connectivity index (χ3n) is 2.98. The molecule has 2 rings (SSSR count). The molecule has 0 bridgehead atoms. The second-order valence-corrected chi connectivity index (χ2v) is 5.58. The lowest BCUT2D eigenvalue weighted by Gasteiger charge is -2.12. The zero-order chi connectivity index (χ0) is 15.1. The van der Waals surface area contributed by atoms with Crippen LogP contribution in [0.2, 0.25) is 0 Å². The fourth-order valence-electron chi connectivity index (χ4n) is 1.85. The lowest BCUT2D eigenvalue weighted by molar-refractivity contribution is 0.102. The number of carbonyl (C=O) groups is 1. The Morgan fingerprint density at radius 2 is 2.00 bits per heavy atom. The molecule has 0 aliphatic rings. The summed E-state index contributed by atoms with van der Waals surface area (Å²) in [6.07, 6.45) is 2.07. The van der Waals surface area contributed by atoms with Gasteiger partial charge in [0.05, 0.1) is 12.3 Å². The second kappa shape index (κ2) is 7.84. The van der Waals surface area contributed by atoms with E-state index in [0.29, 0.717) is 23.6 Å². The predicted molar refractivity (Wildman–Crippen MR) is 88.9 cm³/mol. The number of hydrogen-bond donors (Lipinski definition) is 1. The molecule has 0 atom stereocenters. The number of ether oxygens (including phenoxy) is 1. The van der Waals surface area contributed by atoms with Crippen LogP contribution in [-0.4, -0.2) is 12.5 Å². The van der Waals surface area contributed by atoms with Crippen molar-refractivity contribution in [2.24, 2.45) is 0 Å². The monoisotopic (exact) mass is 347 g/mol. The van der Waals surface area contributed by atoms with Gasteiger partial charge in [-0.3, -0.25) is 4.79 Å². The fourth-order valence-corrected chi connectivity index (χ4v) is 2.25. The second-order valence-electron chi connectivity index (χ2n) is 4.66. The van der Waals surface area contributed by atoms with Crippen molar-refractivity contribution in [3.63, 3.8) is 0 Å². The fraction of sp³-hybridized carbons (Fsp3) is 0.235. The van der Waals surface area contributed by atoms with Gasteiger partial charge >= 0.3 is 0 Å². The Balaban J connectivity index is 2.10. The van der Waals surface area contributed by atoms with E-state index in [1.165, 1.54) is 0 Å². The molecule has 0 saturated carbocycles. The highest BCUT2D eigenvalue weighted by molar-refractivity contribution is 9.10. The van der Waals surface area contributed by atoms with Crippen molar-refractivity contribution in [1.82, 2.24) is 0 Å². The van der Waals surface area contributed by atoms with Crippen molar-refractivity contribution >= 4 is 27.5 Å². The zero-order valence-electron chi connectivity index (χ0n) is 11.9. The van der Waals surface area contributed by atoms with Crippen LogP contribution in [0.5, 0.6) is 5.75 Å². The van der Waals surface area contributed by atoms with Crippen LogP contribution in [0.1, 0.15) is 30.1 Å². The van der Waals surface area contributed by atoms with Crippen LogP contribution in [-0.2, 0) is 0 Å². The SMILES string of the molecule is CCCCOc1ccccc1NC(=O)c1cccc(Br)c1. The van der Waals surface area contributed by atoms with E-state index in [-0.39, 0.29) is 5.91 Å². The predicted octanol–water partition coefficient (Wildman–Crippen LogP) is 4.88. The quantitative estimate of drug-likeness (QED) is 0.756. The molecule has 110 valence electrons. The molecule has 1 amide bonds. The largest absolute Gasteiger partial charge is 0.491 e. The molecule has 2 aromatic carbocycles.